The summed E-state index contributed by atoms with van der Waals surface area (Å²) in [4.78, 5) is 4.08. The van der Waals surface area contributed by atoms with E-state index in [1.54, 1.807) is 6.33 Å². The number of nitrogens with two attached hydrogens (primary N) is 1. The lowest BCUT2D eigenvalue weighted by atomic mass is 10.0. The van der Waals surface area contributed by atoms with Gasteiger partial charge >= 0.3 is 0 Å². The summed E-state index contributed by atoms with van der Waals surface area (Å²) in [6.45, 7) is 10.6. The maximum atomic E-state index is 5.99. The molecule has 72 valence electrons. The van der Waals surface area contributed by atoms with Crippen LogP contribution in [0.25, 0.3) is 0 Å². The van der Waals surface area contributed by atoms with Crippen molar-refractivity contribution >= 4 is 0 Å². The first-order chi connectivity index (χ1) is 5.91. The van der Waals surface area contributed by atoms with Gasteiger partial charge in [-0.15, -0.1) is 0 Å². The molecule has 0 spiro atoms. The van der Waals surface area contributed by atoms with Gasteiger partial charge in [0, 0.05) is 12.7 Å². The lowest BCUT2D eigenvalue weighted by Gasteiger charge is -2.20. The van der Waals surface area contributed by atoms with Crippen LogP contribution in [0.4, 0.5) is 0 Å². The Hall–Kier alpha value is -1.09. The number of hydrogen-bond acceptors (Lipinski definition) is 2. The topological polar surface area (TPSA) is 43.8 Å². The van der Waals surface area contributed by atoms with E-state index in [0.717, 1.165) is 17.8 Å². The molecule has 0 aromatic carbocycles. The number of imidazole rings is 1. The van der Waals surface area contributed by atoms with Crippen LogP contribution in [-0.4, -0.2) is 9.55 Å². The molecule has 0 saturated heterocycles. The van der Waals surface area contributed by atoms with E-state index in [4.69, 9.17) is 5.73 Å². The van der Waals surface area contributed by atoms with Gasteiger partial charge in [0.15, 0.2) is 0 Å². The molecule has 0 bridgehead atoms. The molecule has 0 unspecified atom stereocenters. The largest absolute Gasteiger partial charge is 0.329 e. The zero-order valence-corrected chi connectivity index (χ0v) is 8.54. The minimum Gasteiger partial charge on any atom is -0.329 e. The van der Waals surface area contributed by atoms with Crippen molar-refractivity contribution in [1.82, 2.24) is 9.55 Å². The van der Waals surface area contributed by atoms with Gasteiger partial charge < -0.3 is 10.3 Å². The molecule has 1 aromatic heterocycles. The molecular weight excluding hydrogens is 162 g/mol. The Morgan fingerprint density at radius 3 is 2.77 bits per heavy atom. The van der Waals surface area contributed by atoms with Crippen LogP contribution in [0.1, 0.15) is 26.5 Å². The maximum Gasteiger partial charge on any atom is 0.0951 e. The van der Waals surface area contributed by atoms with E-state index in [9.17, 15) is 0 Å². The summed E-state index contributed by atoms with van der Waals surface area (Å²) in [5.74, 6) is 0. The molecule has 0 fully saturated rings. The van der Waals surface area contributed by atoms with E-state index >= 15 is 0 Å². The van der Waals surface area contributed by atoms with Crippen LogP contribution in [0.5, 0.6) is 0 Å². The molecule has 0 aliphatic carbocycles. The van der Waals surface area contributed by atoms with Gasteiger partial charge in [0.05, 0.1) is 17.6 Å². The van der Waals surface area contributed by atoms with Crippen molar-refractivity contribution in [3.05, 3.63) is 30.4 Å². The van der Waals surface area contributed by atoms with Gasteiger partial charge in [-0.25, -0.2) is 4.98 Å². The minimum atomic E-state index is -0.341. The lowest BCUT2D eigenvalue weighted by Crippen LogP contribution is -2.31. The Morgan fingerprint density at radius 2 is 2.31 bits per heavy atom. The summed E-state index contributed by atoms with van der Waals surface area (Å²) in [5, 5.41) is 0. The van der Waals surface area contributed by atoms with Crippen LogP contribution in [0, 0.1) is 0 Å². The second-order valence-corrected chi connectivity index (χ2v) is 4.09. The Balaban J connectivity index is 2.96. The Bertz CT molecular complexity index is 304. The first-order valence-corrected chi connectivity index (χ1v) is 4.35. The van der Waals surface area contributed by atoms with Crippen molar-refractivity contribution in [2.75, 3.05) is 0 Å². The third kappa shape index (κ3) is 2.42. The van der Waals surface area contributed by atoms with E-state index in [1.807, 2.05) is 31.5 Å². The van der Waals surface area contributed by atoms with Crippen molar-refractivity contribution < 1.29 is 0 Å². The zero-order chi connectivity index (χ0) is 10.1. The van der Waals surface area contributed by atoms with Crippen LogP contribution >= 0.6 is 0 Å². The molecule has 0 saturated carbocycles. The van der Waals surface area contributed by atoms with Crippen molar-refractivity contribution in [2.24, 2.45) is 5.73 Å². The van der Waals surface area contributed by atoms with Gasteiger partial charge in [-0.1, -0.05) is 12.2 Å². The smallest absolute Gasteiger partial charge is 0.0951 e. The van der Waals surface area contributed by atoms with Crippen LogP contribution in [0.15, 0.2) is 24.7 Å². The molecule has 2 N–H and O–H groups in total. The minimum absolute atomic E-state index is 0.341. The third-order valence-electron chi connectivity index (χ3n) is 1.81. The van der Waals surface area contributed by atoms with Crippen molar-refractivity contribution in [3.8, 4) is 0 Å². The molecule has 1 aromatic rings. The normalized spacial score (nSPS) is 11.7. The molecule has 1 rings (SSSR count). The van der Waals surface area contributed by atoms with Gasteiger partial charge in [-0.05, 0) is 20.8 Å². The first-order valence-electron chi connectivity index (χ1n) is 4.35. The highest BCUT2D eigenvalue weighted by Crippen LogP contribution is 2.16. The lowest BCUT2D eigenvalue weighted by molar-refractivity contribution is 0.502. The van der Waals surface area contributed by atoms with Gasteiger partial charge in [0.1, 0.15) is 0 Å². The predicted molar refractivity (Wildman–Crippen MR) is 54.3 cm³/mol. The highest BCUT2D eigenvalue weighted by atomic mass is 15.1. The van der Waals surface area contributed by atoms with Crippen LogP contribution in [0.3, 0.4) is 0 Å². The average molecular weight is 179 g/mol. The Morgan fingerprint density at radius 1 is 1.69 bits per heavy atom. The average Bonchev–Trinajstić information content (AvgIpc) is 2.31. The highest BCUT2D eigenvalue weighted by molar-refractivity contribution is 5.11. The first kappa shape index (κ1) is 9.99. The molecule has 0 amide bonds. The molecule has 0 aliphatic heterocycles. The highest BCUT2D eigenvalue weighted by Gasteiger charge is 2.18. The molecule has 3 heteroatoms. The quantitative estimate of drug-likeness (QED) is 0.717. The monoisotopic (exact) mass is 179 g/mol. The van der Waals surface area contributed by atoms with Crippen LogP contribution in [-0.2, 0) is 12.1 Å². The summed E-state index contributed by atoms with van der Waals surface area (Å²) in [7, 11) is 0. The van der Waals surface area contributed by atoms with Gasteiger partial charge in [-0.3, -0.25) is 0 Å². The number of aromatic nitrogens is 2. The van der Waals surface area contributed by atoms with Crippen LogP contribution < -0.4 is 5.73 Å². The zero-order valence-electron chi connectivity index (χ0n) is 8.54. The number of hydrogen-bond donors (Lipinski definition) is 1. The second-order valence-electron chi connectivity index (χ2n) is 4.09. The van der Waals surface area contributed by atoms with Gasteiger partial charge in [0.2, 0.25) is 0 Å². The van der Waals surface area contributed by atoms with Crippen LogP contribution in [0.2, 0.25) is 0 Å². The molecular formula is C10H17N3. The Labute approximate surface area is 79.3 Å². The fraction of sp³-hybridized carbons (Fsp3) is 0.500. The molecule has 0 radical (unpaired) electrons. The summed E-state index contributed by atoms with van der Waals surface area (Å²) >= 11 is 0. The van der Waals surface area contributed by atoms with E-state index in [1.165, 1.54) is 0 Å². The molecule has 0 aliphatic rings. The molecule has 0 atom stereocenters. The number of allylic oxidation sites excluding steroid dienone is 1. The van der Waals surface area contributed by atoms with E-state index < -0.39 is 0 Å². The summed E-state index contributed by atoms with van der Waals surface area (Å²) in [6.07, 6.45) is 3.60. The third-order valence-corrected chi connectivity index (χ3v) is 1.81. The van der Waals surface area contributed by atoms with Gasteiger partial charge in [0.25, 0.3) is 0 Å². The fourth-order valence-corrected chi connectivity index (χ4v) is 1.27. The fourth-order valence-electron chi connectivity index (χ4n) is 1.27. The predicted octanol–water partition coefficient (Wildman–Crippen LogP) is 1.65. The second kappa shape index (κ2) is 3.34. The number of nitrogens with zero attached hydrogens (tertiary/aromatic N) is 2. The molecule has 13 heavy (non-hydrogen) atoms. The van der Waals surface area contributed by atoms with Gasteiger partial charge in [-0.2, -0.15) is 0 Å². The summed E-state index contributed by atoms with van der Waals surface area (Å²) in [6, 6.07) is 0. The molecule has 1 heterocycles. The van der Waals surface area contributed by atoms with E-state index in [-0.39, 0.29) is 5.54 Å². The van der Waals surface area contributed by atoms with E-state index in [2.05, 4.69) is 11.6 Å². The van der Waals surface area contributed by atoms with Crippen molar-refractivity contribution in [1.29, 1.82) is 0 Å². The van der Waals surface area contributed by atoms with E-state index in [0.29, 0.717) is 0 Å². The SMILES string of the molecule is C=C(C)Cn1cncc1C(C)(C)N. The Kier molecular flexibility index (Phi) is 2.57. The van der Waals surface area contributed by atoms with Crippen molar-refractivity contribution in [3.63, 3.8) is 0 Å². The number of rotatable bonds is 3. The standard InChI is InChI=1S/C10H17N3/c1-8(2)6-13-7-12-5-9(13)10(3,4)11/h5,7H,1,6,11H2,2-4H3. The maximum absolute atomic E-state index is 5.99. The van der Waals surface area contributed by atoms with Crippen molar-refractivity contribution in [2.45, 2.75) is 32.9 Å². The summed E-state index contributed by atoms with van der Waals surface area (Å²) < 4.78 is 2.03. The summed E-state index contributed by atoms with van der Waals surface area (Å²) in [5.41, 5.74) is 7.78. The molecule has 3 nitrogen and oxygen atoms in total.